The molecule has 0 aliphatic heterocycles. The Kier molecular flexibility index (Phi) is 3.38. The highest BCUT2D eigenvalue weighted by Gasteiger charge is 2.14. The molecule has 0 bridgehead atoms. The molecule has 1 heterocycles. The number of hydrogen-bond donors (Lipinski definition) is 1. The summed E-state index contributed by atoms with van der Waals surface area (Å²) in [6.07, 6.45) is 2.10. The van der Waals surface area contributed by atoms with Gasteiger partial charge in [-0.05, 0) is 36.4 Å². The number of nitrogens with zero attached hydrogens (tertiary/aromatic N) is 1. The SMILES string of the molecule is O=Cc1ccc(NS(=O)(=O)c2ccccn2)cc1. The highest BCUT2D eigenvalue weighted by Crippen LogP contribution is 2.14. The van der Waals surface area contributed by atoms with E-state index in [4.69, 9.17) is 0 Å². The second-order valence-electron chi connectivity index (χ2n) is 3.51. The fourth-order valence-corrected chi connectivity index (χ4v) is 2.35. The van der Waals surface area contributed by atoms with Gasteiger partial charge in [0.15, 0.2) is 5.03 Å². The Morgan fingerprint density at radius 1 is 1.06 bits per heavy atom. The molecule has 0 amide bonds. The van der Waals surface area contributed by atoms with Crippen molar-refractivity contribution in [3.63, 3.8) is 0 Å². The van der Waals surface area contributed by atoms with E-state index in [1.807, 2.05) is 0 Å². The molecule has 0 spiro atoms. The fraction of sp³-hybridized carbons (Fsp3) is 0. The molecule has 0 aliphatic carbocycles. The molecule has 92 valence electrons. The van der Waals surface area contributed by atoms with Crippen molar-refractivity contribution in [1.29, 1.82) is 0 Å². The van der Waals surface area contributed by atoms with E-state index in [2.05, 4.69) is 9.71 Å². The minimum Gasteiger partial charge on any atom is -0.298 e. The van der Waals surface area contributed by atoms with Crippen molar-refractivity contribution in [2.75, 3.05) is 4.72 Å². The van der Waals surface area contributed by atoms with Gasteiger partial charge < -0.3 is 0 Å². The van der Waals surface area contributed by atoms with Crippen LogP contribution in [-0.4, -0.2) is 19.7 Å². The van der Waals surface area contributed by atoms with Gasteiger partial charge in [-0.25, -0.2) is 4.98 Å². The number of sulfonamides is 1. The molecule has 0 aliphatic rings. The normalized spacial score (nSPS) is 10.9. The Morgan fingerprint density at radius 2 is 1.78 bits per heavy atom. The van der Waals surface area contributed by atoms with Gasteiger partial charge in [-0.2, -0.15) is 8.42 Å². The third-order valence-corrected chi connectivity index (χ3v) is 3.51. The molecule has 0 atom stereocenters. The Bertz CT molecular complexity index is 637. The average molecular weight is 262 g/mol. The lowest BCUT2D eigenvalue weighted by molar-refractivity contribution is 0.112. The van der Waals surface area contributed by atoms with Crippen LogP contribution in [0.5, 0.6) is 0 Å². The van der Waals surface area contributed by atoms with E-state index in [1.165, 1.54) is 36.5 Å². The molecule has 0 saturated carbocycles. The van der Waals surface area contributed by atoms with E-state index in [0.717, 1.165) is 0 Å². The number of anilines is 1. The van der Waals surface area contributed by atoms with Crippen molar-refractivity contribution >= 4 is 22.0 Å². The summed E-state index contributed by atoms with van der Waals surface area (Å²) in [6.45, 7) is 0. The molecule has 0 fully saturated rings. The Balaban J connectivity index is 2.25. The molecule has 0 saturated heterocycles. The van der Waals surface area contributed by atoms with Crippen molar-refractivity contribution in [2.24, 2.45) is 0 Å². The summed E-state index contributed by atoms with van der Waals surface area (Å²) in [5.74, 6) is 0. The summed E-state index contributed by atoms with van der Waals surface area (Å²) >= 11 is 0. The molecule has 18 heavy (non-hydrogen) atoms. The zero-order chi connectivity index (χ0) is 13.0. The highest BCUT2D eigenvalue weighted by atomic mass is 32.2. The molecule has 0 radical (unpaired) electrons. The molecule has 2 aromatic rings. The minimum absolute atomic E-state index is 0.0514. The lowest BCUT2D eigenvalue weighted by Crippen LogP contribution is -2.14. The van der Waals surface area contributed by atoms with Gasteiger partial charge in [0.05, 0.1) is 0 Å². The lowest BCUT2D eigenvalue weighted by atomic mass is 10.2. The highest BCUT2D eigenvalue weighted by molar-refractivity contribution is 7.92. The van der Waals surface area contributed by atoms with E-state index in [1.54, 1.807) is 12.1 Å². The second-order valence-corrected chi connectivity index (χ2v) is 5.14. The summed E-state index contributed by atoms with van der Waals surface area (Å²) in [7, 11) is -3.68. The number of pyridine rings is 1. The first-order valence-electron chi connectivity index (χ1n) is 5.11. The van der Waals surface area contributed by atoms with E-state index < -0.39 is 10.0 Å². The van der Waals surface area contributed by atoms with Crippen LogP contribution in [0.4, 0.5) is 5.69 Å². The summed E-state index contributed by atoms with van der Waals surface area (Å²) in [6, 6.07) is 10.7. The fourth-order valence-electron chi connectivity index (χ4n) is 1.34. The third kappa shape index (κ3) is 2.72. The summed E-state index contributed by atoms with van der Waals surface area (Å²) in [4.78, 5) is 14.2. The summed E-state index contributed by atoms with van der Waals surface area (Å²) in [5, 5.41) is -0.0514. The molecular formula is C12H10N2O3S. The zero-order valence-corrected chi connectivity index (χ0v) is 10.1. The maximum absolute atomic E-state index is 11.9. The van der Waals surface area contributed by atoms with Crippen molar-refractivity contribution < 1.29 is 13.2 Å². The van der Waals surface area contributed by atoms with E-state index in [9.17, 15) is 13.2 Å². The van der Waals surface area contributed by atoms with Gasteiger partial charge in [-0.1, -0.05) is 6.07 Å². The standard InChI is InChI=1S/C12H10N2O3S/c15-9-10-4-6-11(7-5-10)14-18(16,17)12-3-1-2-8-13-12/h1-9,14H. The van der Waals surface area contributed by atoms with Crippen LogP contribution in [0.25, 0.3) is 0 Å². The van der Waals surface area contributed by atoms with Crippen molar-refractivity contribution in [3.8, 4) is 0 Å². The number of aldehydes is 1. The van der Waals surface area contributed by atoms with Gasteiger partial charge in [0.2, 0.25) is 0 Å². The maximum atomic E-state index is 11.9. The quantitative estimate of drug-likeness (QED) is 0.851. The topological polar surface area (TPSA) is 76.1 Å². The van der Waals surface area contributed by atoms with Crippen LogP contribution in [0, 0.1) is 0 Å². The van der Waals surface area contributed by atoms with Gasteiger partial charge >= 0.3 is 0 Å². The van der Waals surface area contributed by atoms with Crippen LogP contribution in [0.1, 0.15) is 10.4 Å². The van der Waals surface area contributed by atoms with Crippen LogP contribution in [0.2, 0.25) is 0 Å². The van der Waals surface area contributed by atoms with Crippen LogP contribution < -0.4 is 4.72 Å². The van der Waals surface area contributed by atoms with Crippen LogP contribution in [0.3, 0.4) is 0 Å². The molecule has 1 N–H and O–H groups in total. The van der Waals surface area contributed by atoms with Gasteiger partial charge in [0, 0.05) is 17.4 Å². The van der Waals surface area contributed by atoms with Crippen molar-refractivity contribution in [1.82, 2.24) is 4.98 Å². The molecule has 1 aromatic heterocycles. The lowest BCUT2D eigenvalue weighted by Gasteiger charge is -2.06. The summed E-state index contributed by atoms with van der Waals surface area (Å²) < 4.78 is 26.2. The first kappa shape index (κ1) is 12.3. The number of nitrogens with one attached hydrogen (secondary N) is 1. The number of aromatic nitrogens is 1. The molecular weight excluding hydrogens is 252 g/mol. The molecule has 5 nitrogen and oxygen atoms in total. The first-order chi connectivity index (χ1) is 8.62. The number of carbonyl (C=O) groups is 1. The van der Waals surface area contributed by atoms with E-state index >= 15 is 0 Å². The molecule has 1 aromatic carbocycles. The predicted molar refractivity (Wildman–Crippen MR) is 66.9 cm³/mol. The summed E-state index contributed by atoms with van der Waals surface area (Å²) in [5.41, 5.74) is 0.863. The molecule has 2 rings (SSSR count). The van der Waals surface area contributed by atoms with E-state index in [-0.39, 0.29) is 5.03 Å². The third-order valence-electron chi connectivity index (χ3n) is 2.21. The van der Waals surface area contributed by atoms with Crippen molar-refractivity contribution in [3.05, 3.63) is 54.2 Å². The number of hydrogen-bond acceptors (Lipinski definition) is 4. The number of carbonyl (C=O) groups excluding carboxylic acids is 1. The predicted octanol–water partition coefficient (Wildman–Crippen LogP) is 1.69. The van der Waals surface area contributed by atoms with E-state index in [0.29, 0.717) is 17.5 Å². The second kappa shape index (κ2) is 4.97. The minimum atomic E-state index is -3.68. The molecule has 6 heteroatoms. The van der Waals surface area contributed by atoms with Gasteiger partial charge in [0.25, 0.3) is 10.0 Å². The van der Waals surface area contributed by atoms with Crippen LogP contribution in [0.15, 0.2) is 53.7 Å². The zero-order valence-electron chi connectivity index (χ0n) is 9.28. The van der Waals surface area contributed by atoms with Gasteiger partial charge in [0.1, 0.15) is 6.29 Å². The monoisotopic (exact) mass is 262 g/mol. The van der Waals surface area contributed by atoms with Crippen LogP contribution in [-0.2, 0) is 10.0 Å². The van der Waals surface area contributed by atoms with Crippen LogP contribution >= 0.6 is 0 Å². The number of rotatable bonds is 4. The van der Waals surface area contributed by atoms with Gasteiger partial charge in [-0.15, -0.1) is 0 Å². The number of benzene rings is 1. The molecule has 0 unspecified atom stereocenters. The largest absolute Gasteiger partial charge is 0.298 e. The van der Waals surface area contributed by atoms with Gasteiger partial charge in [-0.3, -0.25) is 9.52 Å². The Hall–Kier alpha value is -2.21. The smallest absolute Gasteiger partial charge is 0.279 e. The maximum Gasteiger partial charge on any atom is 0.279 e. The Labute approximate surface area is 105 Å². The Morgan fingerprint density at radius 3 is 2.33 bits per heavy atom. The van der Waals surface area contributed by atoms with Crippen molar-refractivity contribution in [2.45, 2.75) is 5.03 Å². The first-order valence-corrected chi connectivity index (χ1v) is 6.59. The average Bonchev–Trinajstić information content (AvgIpc) is 2.40.